The van der Waals surface area contributed by atoms with Crippen molar-refractivity contribution in [2.45, 2.75) is 31.0 Å². The van der Waals surface area contributed by atoms with Gasteiger partial charge in [-0.2, -0.15) is 5.26 Å². The molecule has 3 rings (SSSR count). The van der Waals surface area contributed by atoms with Crippen LogP contribution in [0.25, 0.3) is 0 Å². The van der Waals surface area contributed by atoms with Gasteiger partial charge in [-0.15, -0.1) is 4.99 Å². The Kier molecular flexibility index (Phi) is 7.35. The van der Waals surface area contributed by atoms with Gasteiger partial charge in [0.25, 0.3) is 5.69 Å². The van der Waals surface area contributed by atoms with Crippen LogP contribution in [0.15, 0.2) is 47.5 Å². The van der Waals surface area contributed by atoms with E-state index in [-0.39, 0.29) is 23.0 Å². The summed E-state index contributed by atoms with van der Waals surface area (Å²) < 4.78 is 16.7. The van der Waals surface area contributed by atoms with Crippen LogP contribution < -0.4 is 15.4 Å². The number of ether oxygens (including phenoxy) is 3. The number of nitrogens with zero attached hydrogens (tertiary/aromatic N) is 3. The predicted molar refractivity (Wildman–Crippen MR) is 120 cm³/mol. The van der Waals surface area contributed by atoms with E-state index in [4.69, 9.17) is 25.8 Å². The van der Waals surface area contributed by atoms with Gasteiger partial charge in [0.1, 0.15) is 11.9 Å². The maximum Gasteiger partial charge on any atom is 0.270 e. The van der Waals surface area contributed by atoms with E-state index >= 15 is 0 Å². The zero-order valence-corrected chi connectivity index (χ0v) is 18.7. The Balaban J connectivity index is 2.07. The number of benzene rings is 2. The highest BCUT2D eigenvalue weighted by Crippen LogP contribution is 2.43. The Bertz CT molecular complexity index is 1100. The lowest BCUT2D eigenvalue weighted by Gasteiger charge is -2.46. The summed E-state index contributed by atoms with van der Waals surface area (Å²) in [7, 11) is 2.79. The molecule has 12 heteroatoms. The van der Waals surface area contributed by atoms with Crippen LogP contribution >= 0.6 is 11.6 Å². The van der Waals surface area contributed by atoms with Gasteiger partial charge in [0.2, 0.25) is 12.2 Å². The van der Waals surface area contributed by atoms with Gasteiger partial charge in [0.15, 0.2) is 11.9 Å². The van der Waals surface area contributed by atoms with Crippen LogP contribution in [0.4, 0.5) is 11.4 Å². The van der Waals surface area contributed by atoms with Crippen molar-refractivity contribution in [1.82, 2.24) is 5.32 Å². The molecular weight excluding hydrogens is 454 g/mol. The summed E-state index contributed by atoms with van der Waals surface area (Å²) in [4.78, 5) is 14.5. The summed E-state index contributed by atoms with van der Waals surface area (Å²) in [6, 6.07) is 9.78. The molecule has 0 aliphatic carbocycles. The Morgan fingerprint density at radius 1 is 1.36 bits per heavy atom. The fourth-order valence-corrected chi connectivity index (χ4v) is 3.86. The first-order valence-electron chi connectivity index (χ1n) is 9.71. The maximum absolute atomic E-state index is 11.4. The lowest BCUT2D eigenvalue weighted by Crippen LogP contribution is -2.62. The molecule has 0 saturated carbocycles. The van der Waals surface area contributed by atoms with E-state index in [1.165, 1.54) is 32.4 Å². The number of rotatable bonds is 6. The van der Waals surface area contributed by atoms with E-state index in [1.807, 2.05) is 0 Å². The van der Waals surface area contributed by atoms with Gasteiger partial charge >= 0.3 is 0 Å². The van der Waals surface area contributed by atoms with Crippen LogP contribution in [0, 0.1) is 21.6 Å². The number of aliphatic hydroxyl groups is 1. The summed E-state index contributed by atoms with van der Waals surface area (Å²) >= 11 is 6.20. The second kappa shape index (κ2) is 10.0. The largest absolute Gasteiger partial charge is 0.479 e. The maximum atomic E-state index is 11.4. The molecule has 0 saturated heterocycles. The van der Waals surface area contributed by atoms with Gasteiger partial charge in [0.05, 0.1) is 21.7 Å². The summed E-state index contributed by atoms with van der Waals surface area (Å²) in [5.41, 5.74) is -0.887. The van der Waals surface area contributed by atoms with Crippen molar-refractivity contribution in [1.29, 1.82) is 5.26 Å². The number of hydrogen-bond acceptors (Lipinski definition) is 8. The number of nitriles is 1. The number of nitro benzene ring substituents is 1. The molecule has 0 bridgehead atoms. The second-order valence-electron chi connectivity index (χ2n) is 7.30. The number of nitro groups is 1. The number of guanidine groups is 1. The first kappa shape index (κ1) is 24.2. The monoisotopic (exact) mass is 475 g/mol. The lowest BCUT2D eigenvalue weighted by molar-refractivity contribution is -0.385. The van der Waals surface area contributed by atoms with Crippen molar-refractivity contribution in [2.75, 3.05) is 19.5 Å². The lowest BCUT2D eigenvalue weighted by atomic mass is 9.84. The number of halogens is 1. The Morgan fingerprint density at radius 3 is 2.67 bits per heavy atom. The predicted octanol–water partition coefficient (Wildman–Crippen LogP) is 2.96. The van der Waals surface area contributed by atoms with Gasteiger partial charge in [-0.25, -0.2) is 0 Å². The van der Waals surface area contributed by atoms with Crippen molar-refractivity contribution in [3.8, 4) is 11.9 Å². The smallest absolute Gasteiger partial charge is 0.270 e. The standard InChI is InChI=1S/C21H22ClN5O6/c1-21(19(31-2)32-3)18(28)17(13-10-12(27(29)30)8-9-16(13)33-21)26-20(24-11-23)25-15-7-5-4-6-14(15)22/h4-10,17-19,28H,1-3H3,(H2,24,25,26). The third kappa shape index (κ3) is 4.84. The van der Waals surface area contributed by atoms with Crippen molar-refractivity contribution in [2.24, 2.45) is 4.99 Å². The molecule has 2 aromatic carbocycles. The van der Waals surface area contributed by atoms with E-state index < -0.39 is 29.0 Å². The highest BCUT2D eigenvalue weighted by Gasteiger charge is 2.52. The molecule has 0 amide bonds. The molecule has 0 fully saturated rings. The third-order valence-corrected chi connectivity index (χ3v) is 5.58. The van der Waals surface area contributed by atoms with Crippen LogP contribution in [0.1, 0.15) is 18.5 Å². The van der Waals surface area contributed by atoms with Crippen LogP contribution in [-0.2, 0) is 9.47 Å². The van der Waals surface area contributed by atoms with Crippen LogP contribution in [0.2, 0.25) is 5.02 Å². The molecule has 3 atom stereocenters. The normalized spacial score (nSPS) is 22.2. The molecule has 1 aliphatic heterocycles. The van der Waals surface area contributed by atoms with Gasteiger partial charge in [-0.1, -0.05) is 23.7 Å². The van der Waals surface area contributed by atoms with Gasteiger partial charge in [0, 0.05) is 31.9 Å². The zero-order chi connectivity index (χ0) is 24.2. The van der Waals surface area contributed by atoms with Crippen LogP contribution in [-0.4, -0.2) is 48.2 Å². The quantitative estimate of drug-likeness (QED) is 0.143. The highest BCUT2D eigenvalue weighted by atomic mass is 35.5. The SMILES string of the molecule is COC(OC)C1(C)Oc2ccc([N+](=O)[O-])cc2C(NC(=NC#N)Nc2ccccc2Cl)C1O. The van der Waals surface area contributed by atoms with E-state index in [1.54, 1.807) is 37.4 Å². The van der Waals surface area contributed by atoms with Gasteiger partial charge in [-0.3, -0.25) is 10.1 Å². The number of hydrogen-bond donors (Lipinski definition) is 3. The summed E-state index contributed by atoms with van der Waals surface area (Å²) in [6.07, 6.45) is -0.665. The Morgan fingerprint density at radius 2 is 2.06 bits per heavy atom. The van der Waals surface area contributed by atoms with E-state index in [0.717, 1.165) is 0 Å². The van der Waals surface area contributed by atoms with Crippen LogP contribution in [0.3, 0.4) is 0 Å². The molecular formula is C21H22ClN5O6. The number of aliphatic hydroxyl groups excluding tert-OH is 1. The van der Waals surface area contributed by atoms with E-state index in [9.17, 15) is 20.5 Å². The number of anilines is 1. The first-order valence-corrected chi connectivity index (χ1v) is 10.1. The molecule has 3 N–H and O–H groups in total. The molecule has 174 valence electrons. The molecule has 33 heavy (non-hydrogen) atoms. The number of methoxy groups -OCH3 is 2. The number of aliphatic imine (C=N–C) groups is 1. The molecule has 3 unspecified atom stereocenters. The molecule has 0 spiro atoms. The molecule has 1 heterocycles. The van der Waals surface area contributed by atoms with Crippen molar-refractivity contribution in [3.63, 3.8) is 0 Å². The highest BCUT2D eigenvalue weighted by molar-refractivity contribution is 6.33. The fourth-order valence-electron chi connectivity index (χ4n) is 3.68. The van der Waals surface area contributed by atoms with Crippen molar-refractivity contribution >= 4 is 28.9 Å². The molecule has 0 radical (unpaired) electrons. The van der Waals surface area contributed by atoms with Gasteiger partial charge < -0.3 is 30.0 Å². The minimum absolute atomic E-state index is 0.0391. The number of non-ortho nitro benzene ring substituents is 1. The first-order chi connectivity index (χ1) is 15.7. The molecule has 0 aromatic heterocycles. The minimum atomic E-state index is -1.42. The van der Waals surface area contributed by atoms with E-state index in [0.29, 0.717) is 10.7 Å². The average molecular weight is 476 g/mol. The fraction of sp³-hybridized carbons (Fsp3) is 0.333. The minimum Gasteiger partial charge on any atom is -0.479 e. The zero-order valence-electron chi connectivity index (χ0n) is 18.0. The molecule has 11 nitrogen and oxygen atoms in total. The summed E-state index contributed by atoms with van der Waals surface area (Å²) in [6.45, 7) is 1.58. The van der Waals surface area contributed by atoms with Crippen molar-refractivity contribution in [3.05, 3.63) is 63.2 Å². The number of nitrogens with one attached hydrogen (secondary N) is 2. The Labute approximate surface area is 194 Å². The number of para-hydroxylation sites is 1. The van der Waals surface area contributed by atoms with Crippen molar-refractivity contribution < 1.29 is 24.2 Å². The summed E-state index contributed by atoms with van der Waals surface area (Å²) in [5, 5.41) is 38.1. The van der Waals surface area contributed by atoms with E-state index in [2.05, 4.69) is 15.6 Å². The third-order valence-electron chi connectivity index (χ3n) is 5.25. The van der Waals surface area contributed by atoms with Gasteiger partial charge in [-0.05, 0) is 25.1 Å². The molecule has 2 aromatic rings. The number of fused-ring (bicyclic) bond motifs is 1. The second-order valence-corrected chi connectivity index (χ2v) is 7.71. The Hall–Kier alpha value is -3.43. The topological polar surface area (TPSA) is 151 Å². The molecule has 1 aliphatic rings. The van der Waals surface area contributed by atoms with Crippen LogP contribution in [0.5, 0.6) is 5.75 Å². The summed E-state index contributed by atoms with van der Waals surface area (Å²) in [5.74, 6) is 0.224. The average Bonchev–Trinajstić information content (AvgIpc) is 2.79.